The summed E-state index contributed by atoms with van der Waals surface area (Å²) in [4.78, 5) is 4.85. The Bertz CT molecular complexity index is 360. The molecule has 0 bridgehead atoms. The van der Waals surface area contributed by atoms with Crippen LogP contribution in [0.25, 0.3) is 0 Å². The van der Waals surface area contributed by atoms with E-state index in [0.717, 1.165) is 36.0 Å². The molecular weight excluding hydrogens is 332 g/mol. The summed E-state index contributed by atoms with van der Waals surface area (Å²) in [6, 6.07) is 6.54. The lowest BCUT2D eigenvalue weighted by molar-refractivity contribution is 0.312. The van der Waals surface area contributed by atoms with Crippen molar-refractivity contribution in [2.75, 3.05) is 38.1 Å². The minimum Gasteiger partial charge on any atom is -0.369 e. The van der Waals surface area contributed by atoms with Crippen molar-refractivity contribution in [3.63, 3.8) is 0 Å². The molecule has 0 aromatic heterocycles. The first-order valence-corrected chi connectivity index (χ1v) is 7.40. The van der Waals surface area contributed by atoms with Gasteiger partial charge in [-0.2, -0.15) is 0 Å². The Morgan fingerprint density at radius 3 is 2.50 bits per heavy atom. The molecule has 0 spiro atoms. The number of hydrogen-bond donors (Lipinski definition) is 0. The monoisotopic (exact) mass is 346 g/mol. The van der Waals surface area contributed by atoms with Gasteiger partial charge in [0.05, 0.1) is 0 Å². The molecule has 0 radical (unpaired) electrons. The molecule has 16 heavy (non-hydrogen) atoms. The number of hydrogen-bond acceptors (Lipinski definition) is 2. The summed E-state index contributed by atoms with van der Waals surface area (Å²) >= 11 is 7.09. The lowest BCUT2D eigenvalue weighted by Crippen LogP contribution is -2.44. The molecule has 0 saturated carbocycles. The van der Waals surface area contributed by atoms with Gasteiger partial charge in [-0.25, -0.2) is 0 Å². The highest BCUT2D eigenvalue weighted by molar-refractivity contribution is 9.10. The molecular formula is C12H16Br2N2. The Labute approximate surface area is 114 Å². The highest BCUT2D eigenvalue weighted by Crippen LogP contribution is 2.27. The van der Waals surface area contributed by atoms with E-state index in [2.05, 4.69) is 66.9 Å². The summed E-state index contributed by atoms with van der Waals surface area (Å²) in [5.74, 6) is 0. The molecule has 0 atom stereocenters. The maximum Gasteiger partial charge on any atom is 0.0409 e. The standard InChI is InChI=1S/C12H16Br2N2/c1-15-4-6-16(7-5-15)12-3-2-11(14)8-10(12)9-13/h2-3,8H,4-7,9H2,1H3. The van der Waals surface area contributed by atoms with Crippen molar-refractivity contribution >= 4 is 37.5 Å². The molecule has 0 N–H and O–H groups in total. The zero-order valence-corrected chi connectivity index (χ0v) is 12.6. The fourth-order valence-electron chi connectivity index (χ4n) is 2.02. The van der Waals surface area contributed by atoms with Crippen LogP contribution in [0.2, 0.25) is 0 Å². The minimum absolute atomic E-state index is 0.911. The SMILES string of the molecule is CN1CCN(c2ccc(Br)cc2CBr)CC1. The van der Waals surface area contributed by atoms with E-state index in [1.54, 1.807) is 0 Å². The number of halogens is 2. The zero-order chi connectivity index (χ0) is 11.5. The highest BCUT2D eigenvalue weighted by Gasteiger charge is 2.16. The number of rotatable bonds is 2. The molecule has 88 valence electrons. The molecule has 1 aliphatic heterocycles. The lowest BCUT2D eigenvalue weighted by atomic mass is 10.1. The van der Waals surface area contributed by atoms with Gasteiger partial charge < -0.3 is 9.80 Å². The summed E-state index contributed by atoms with van der Waals surface area (Å²) in [6.45, 7) is 4.55. The summed E-state index contributed by atoms with van der Waals surface area (Å²) < 4.78 is 1.15. The van der Waals surface area contributed by atoms with Crippen LogP contribution in [-0.2, 0) is 5.33 Å². The van der Waals surface area contributed by atoms with Crippen molar-refractivity contribution in [2.24, 2.45) is 0 Å². The Morgan fingerprint density at radius 1 is 1.19 bits per heavy atom. The van der Waals surface area contributed by atoms with Crippen LogP contribution in [0.3, 0.4) is 0 Å². The third-order valence-corrected chi connectivity index (χ3v) is 4.13. The second-order valence-electron chi connectivity index (χ2n) is 4.20. The zero-order valence-electron chi connectivity index (χ0n) is 9.42. The predicted octanol–water partition coefficient (Wildman–Crippen LogP) is 3.10. The molecule has 2 nitrogen and oxygen atoms in total. The molecule has 1 heterocycles. The fraction of sp³-hybridized carbons (Fsp3) is 0.500. The van der Waals surface area contributed by atoms with Crippen molar-refractivity contribution in [3.05, 3.63) is 28.2 Å². The average Bonchev–Trinajstić information content (AvgIpc) is 2.30. The molecule has 0 unspecified atom stereocenters. The van der Waals surface area contributed by atoms with Crippen molar-refractivity contribution in [2.45, 2.75) is 5.33 Å². The number of alkyl halides is 1. The molecule has 0 aliphatic carbocycles. The summed E-state index contributed by atoms with van der Waals surface area (Å²) in [6.07, 6.45) is 0. The normalized spacial score (nSPS) is 17.8. The predicted molar refractivity (Wildman–Crippen MR) is 76.5 cm³/mol. The molecule has 1 aromatic carbocycles. The molecule has 0 amide bonds. The number of nitrogens with zero attached hydrogens (tertiary/aromatic N) is 2. The minimum atomic E-state index is 0.911. The number of anilines is 1. The van der Waals surface area contributed by atoms with Crippen LogP contribution in [0.1, 0.15) is 5.56 Å². The van der Waals surface area contributed by atoms with Gasteiger partial charge in [0.15, 0.2) is 0 Å². The molecule has 1 aromatic rings. The molecule has 2 rings (SSSR count). The van der Waals surface area contributed by atoms with Crippen LogP contribution in [-0.4, -0.2) is 38.1 Å². The maximum atomic E-state index is 3.56. The first-order chi connectivity index (χ1) is 7.70. The van der Waals surface area contributed by atoms with Crippen molar-refractivity contribution in [1.82, 2.24) is 4.90 Å². The van der Waals surface area contributed by atoms with Gasteiger partial charge in [-0.3, -0.25) is 0 Å². The quantitative estimate of drug-likeness (QED) is 0.758. The summed E-state index contributed by atoms with van der Waals surface area (Å²) in [5.41, 5.74) is 2.73. The van der Waals surface area contributed by atoms with Crippen molar-refractivity contribution in [3.8, 4) is 0 Å². The molecule has 1 aliphatic rings. The largest absolute Gasteiger partial charge is 0.369 e. The van der Waals surface area contributed by atoms with Crippen LogP contribution < -0.4 is 4.90 Å². The van der Waals surface area contributed by atoms with Gasteiger partial charge in [-0.1, -0.05) is 31.9 Å². The summed E-state index contributed by atoms with van der Waals surface area (Å²) in [7, 11) is 2.18. The van der Waals surface area contributed by atoms with Crippen LogP contribution in [0.15, 0.2) is 22.7 Å². The number of likely N-dealkylation sites (N-methyl/N-ethyl adjacent to an activating group) is 1. The third-order valence-electron chi connectivity index (χ3n) is 3.03. The van der Waals surface area contributed by atoms with Gasteiger partial charge >= 0.3 is 0 Å². The molecule has 1 saturated heterocycles. The van der Waals surface area contributed by atoms with Gasteiger partial charge in [-0.05, 0) is 30.8 Å². The van der Waals surface area contributed by atoms with Crippen LogP contribution in [0.5, 0.6) is 0 Å². The average molecular weight is 348 g/mol. The van der Waals surface area contributed by atoms with E-state index in [4.69, 9.17) is 0 Å². The van der Waals surface area contributed by atoms with Crippen LogP contribution >= 0.6 is 31.9 Å². The van der Waals surface area contributed by atoms with E-state index in [-0.39, 0.29) is 0 Å². The number of benzene rings is 1. The van der Waals surface area contributed by atoms with E-state index in [9.17, 15) is 0 Å². The van der Waals surface area contributed by atoms with Gasteiger partial charge in [0.25, 0.3) is 0 Å². The topological polar surface area (TPSA) is 6.48 Å². The Morgan fingerprint density at radius 2 is 1.88 bits per heavy atom. The van der Waals surface area contributed by atoms with E-state index < -0.39 is 0 Å². The van der Waals surface area contributed by atoms with Gasteiger partial charge in [0, 0.05) is 41.7 Å². The Kier molecular flexibility index (Phi) is 4.27. The van der Waals surface area contributed by atoms with Crippen LogP contribution in [0.4, 0.5) is 5.69 Å². The second-order valence-corrected chi connectivity index (χ2v) is 5.67. The highest BCUT2D eigenvalue weighted by atomic mass is 79.9. The van der Waals surface area contributed by atoms with E-state index in [0.29, 0.717) is 0 Å². The maximum absolute atomic E-state index is 3.56. The first kappa shape index (κ1) is 12.4. The van der Waals surface area contributed by atoms with E-state index in [1.165, 1.54) is 11.3 Å². The van der Waals surface area contributed by atoms with Gasteiger partial charge in [0.2, 0.25) is 0 Å². The van der Waals surface area contributed by atoms with Crippen LogP contribution in [0, 0.1) is 0 Å². The van der Waals surface area contributed by atoms with Crippen molar-refractivity contribution < 1.29 is 0 Å². The van der Waals surface area contributed by atoms with Gasteiger partial charge in [-0.15, -0.1) is 0 Å². The summed E-state index contributed by atoms with van der Waals surface area (Å²) in [5, 5.41) is 0.911. The fourth-order valence-corrected chi connectivity index (χ4v) is 2.87. The lowest BCUT2D eigenvalue weighted by Gasteiger charge is -2.35. The molecule has 4 heteroatoms. The van der Waals surface area contributed by atoms with Gasteiger partial charge in [0.1, 0.15) is 0 Å². The van der Waals surface area contributed by atoms with E-state index >= 15 is 0 Å². The Balaban J connectivity index is 2.19. The molecule has 1 fully saturated rings. The smallest absolute Gasteiger partial charge is 0.0409 e. The Hall–Kier alpha value is -0.0600. The third kappa shape index (κ3) is 2.79. The van der Waals surface area contributed by atoms with Crippen molar-refractivity contribution in [1.29, 1.82) is 0 Å². The number of piperazine rings is 1. The first-order valence-electron chi connectivity index (χ1n) is 5.48. The van der Waals surface area contributed by atoms with E-state index in [1.807, 2.05) is 0 Å². The second kappa shape index (κ2) is 5.52.